The van der Waals surface area contributed by atoms with E-state index in [1.54, 1.807) is 38.5 Å². The van der Waals surface area contributed by atoms with Crippen LogP contribution in [0.2, 0.25) is 0 Å². The minimum absolute atomic E-state index is 0.178. The maximum atomic E-state index is 14.1. The standard InChI is InChI=1S/C23H22FNO4/c1-16(26)25(15-17-9-11-20(27-2)14-23(17)28-3)21-13-18(24)10-12-22(21)29-19-7-5-4-6-8-19/h4-14H,15H2,1-3H3. The number of amides is 1. The van der Waals surface area contributed by atoms with E-state index in [-0.39, 0.29) is 12.5 Å². The number of ether oxygens (including phenoxy) is 3. The van der Waals surface area contributed by atoms with Gasteiger partial charge < -0.3 is 19.1 Å². The molecule has 0 fully saturated rings. The Kier molecular flexibility index (Phi) is 6.34. The Labute approximate surface area is 169 Å². The highest BCUT2D eigenvalue weighted by molar-refractivity contribution is 5.93. The molecule has 3 aromatic rings. The molecule has 0 atom stereocenters. The van der Waals surface area contributed by atoms with Gasteiger partial charge in [-0.3, -0.25) is 4.79 Å². The molecule has 150 valence electrons. The lowest BCUT2D eigenvalue weighted by atomic mass is 10.1. The Hall–Kier alpha value is -3.54. The average molecular weight is 395 g/mol. The Morgan fingerprint density at radius 1 is 0.897 bits per heavy atom. The third kappa shape index (κ3) is 4.85. The van der Waals surface area contributed by atoms with Crippen LogP contribution in [0.3, 0.4) is 0 Å². The molecule has 0 N–H and O–H groups in total. The van der Waals surface area contributed by atoms with Crippen molar-refractivity contribution >= 4 is 11.6 Å². The Balaban J connectivity index is 1.99. The van der Waals surface area contributed by atoms with E-state index >= 15 is 0 Å². The number of benzene rings is 3. The second-order valence-electron chi connectivity index (χ2n) is 6.31. The van der Waals surface area contributed by atoms with Gasteiger partial charge in [0.25, 0.3) is 0 Å². The summed E-state index contributed by atoms with van der Waals surface area (Å²) in [4.78, 5) is 13.9. The molecule has 0 spiro atoms. The predicted octanol–water partition coefficient (Wildman–Crippen LogP) is 5.19. The zero-order chi connectivity index (χ0) is 20.8. The predicted molar refractivity (Wildman–Crippen MR) is 109 cm³/mol. The quantitative estimate of drug-likeness (QED) is 0.553. The molecule has 0 aliphatic carbocycles. The number of carbonyl (C=O) groups excluding carboxylic acids is 1. The topological polar surface area (TPSA) is 48.0 Å². The summed E-state index contributed by atoms with van der Waals surface area (Å²) in [6.45, 7) is 1.60. The third-order valence-electron chi connectivity index (χ3n) is 4.39. The van der Waals surface area contributed by atoms with Crippen LogP contribution in [0, 0.1) is 5.82 Å². The first-order chi connectivity index (χ1) is 14.0. The molecule has 29 heavy (non-hydrogen) atoms. The number of methoxy groups -OCH3 is 2. The van der Waals surface area contributed by atoms with Gasteiger partial charge in [0.2, 0.25) is 5.91 Å². The van der Waals surface area contributed by atoms with Crippen molar-refractivity contribution in [1.82, 2.24) is 0 Å². The van der Waals surface area contributed by atoms with Crippen LogP contribution in [0.25, 0.3) is 0 Å². The summed E-state index contributed by atoms with van der Waals surface area (Å²) < 4.78 is 30.6. The summed E-state index contributed by atoms with van der Waals surface area (Å²) in [5.74, 6) is 1.45. The van der Waals surface area contributed by atoms with Crippen molar-refractivity contribution < 1.29 is 23.4 Å². The number of anilines is 1. The minimum atomic E-state index is -0.464. The number of hydrogen-bond donors (Lipinski definition) is 0. The third-order valence-corrected chi connectivity index (χ3v) is 4.39. The summed E-state index contributed by atoms with van der Waals surface area (Å²) in [5, 5.41) is 0. The van der Waals surface area contributed by atoms with Crippen LogP contribution < -0.4 is 19.1 Å². The fourth-order valence-corrected chi connectivity index (χ4v) is 2.92. The molecule has 6 heteroatoms. The van der Waals surface area contributed by atoms with Crippen molar-refractivity contribution in [2.75, 3.05) is 19.1 Å². The average Bonchev–Trinajstić information content (AvgIpc) is 2.74. The molecule has 0 bridgehead atoms. The van der Waals surface area contributed by atoms with Crippen molar-refractivity contribution in [3.05, 3.63) is 78.1 Å². The summed E-state index contributed by atoms with van der Waals surface area (Å²) >= 11 is 0. The van der Waals surface area contributed by atoms with Crippen LogP contribution in [-0.2, 0) is 11.3 Å². The summed E-state index contributed by atoms with van der Waals surface area (Å²) in [6, 6.07) is 18.6. The number of para-hydroxylation sites is 1. The maximum absolute atomic E-state index is 14.1. The molecule has 0 aliphatic heterocycles. The van der Waals surface area contributed by atoms with Crippen molar-refractivity contribution in [3.8, 4) is 23.0 Å². The van der Waals surface area contributed by atoms with Gasteiger partial charge in [-0.2, -0.15) is 0 Å². The molecule has 0 radical (unpaired) electrons. The fourth-order valence-electron chi connectivity index (χ4n) is 2.92. The second kappa shape index (κ2) is 9.10. The van der Waals surface area contributed by atoms with Crippen molar-refractivity contribution in [1.29, 1.82) is 0 Å². The molecule has 0 saturated heterocycles. The van der Waals surface area contributed by atoms with Crippen molar-refractivity contribution in [2.45, 2.75) is 13.5 Å². The SMILES string of the molecule is COc1ccc(CN(C(C)=O)c2cc(F)ccc2Oc2ccccc2)c(OC)c1. The van der Waals surface area contributed by atoms with Gasteiger partial charge in [0.05, 0.1) is 26.5 Å². The molecular weight excluding hydrogens is 373 g/mol. The highest BCUT2D eigenvalue weighted by atomic mass is 19.1. The Morgan fingerprint density at radius 2 is 1.66 bits per heavy atom. The lowest BCUT2D eigenvalue weighted by Crippen LogP contribution is -2.28. The Morgan fingerprint density at radius 3 is 2.31 bits per heavy atom. The lowest BCUT2D eigenvalue weighted by Gasteiger charge is -2.25. The van der Waals surface area contributed by atoms with E-state index in [4.69, 9.17) is 14.2 Å². The van der Waals surface area contributed by atoms with E-state index in [0.717, 1.165) is 5.56 Å². The molecule has 0 saturated carbocycles. The summed E-state index contributed by atoms with van der Waals surface area (Å²) in [6.07, 6.45) is 0. The van der Waals surface area contributed by atoms with Gasteiger partial charge in [-0.25, -0.2) is 4.39 Å². The first-order valence-electron chi connectivity index (χ1n) is 9.03. The van der Waals surface area contributed by atoms with E-state index in [1.807, 2.05) is 24.3 Å². The van der Waals surface area contributed by atoms with Crippen LogP contribution in [0.5, 0.6) is 23.0 Å². The fraction of sp³-hybridized carbons (Fsp3) is 0.174. The molecule has 1 amide bonds. The van der Waals surface area contributed by atoms with Crippen LogP contribution in [0.15, 0.2) is 66.7 Å². The van der Waals surface area contributed by atoms with Crippen LogP contribution in [0.1, 0.15) is 12.5 Å². The van der Waals surface area contributed by atoms with Gasteiger partial charge in [0.1, 0.15) is 23.1 Å². The summed E-state index contributed by atoms with van der Waals surface area (Å²) in [7, 11) is 3.11. The number of hydrogen-bond acceptors (Lipinski definition) is 4. The maximum Gasteiger partial charge on any atom is 0.224 e. The highest BCUT2D eigenvalue weighted by Gasteiger charge is 2.20. The second-order valence-corrected chi connectivity index (χ2v) is 6.31. The van der Waals surface area contributed by atoms with E-state index in [1.165, 1.54) is 30.0 Å². The zero-order valence-corrected chi connectivity index (χ0v) is 16.5. The molecule has 5 nitrogen and oxygen atoms in total. The van der Waals surface area contributed by atoms with Gasteiger partial charge in [-0.1, -0.05) is 18.2 Å². The number of nitrogens with zero attached hydrogens (tertiary/aromatic N) is 1. The van der Waals surface area contributed by atoms with Crippen molar-refractivity contribution in [3.63, 3.8) is 0 Å². The van der Waals surface area contributed by atoms with E-state index < -0.39 is 5.82 Å². The molecule has 0 unspecified atom stereocenters. The minimum Gasteiger partial charge on any atom is -0.497 e. The van der Waals surface area contributed by atoms with E-state index in [9.17, 15) is 9.18 Å². The molecular formula is C23H22FNO4. The number of rotatable bonds is 7. The smallest absolute Gasteiger partial charge is 0.224 e. The normalized spacial score (nSPS) is 10.3. The van der Waals surface area contributed by atoms with Crippen LogP contribution in [-0.4, -0.2) is 20.1 Å². The van der Waals surface area contributed by atoms with E-state index in [0.29, 0.717) is 28.7 Å². The summed E-state index contributed by atoms with van der Waals surface area (Å²) in [5.41, 5.74) is 1.08. The van der Waals surface area contributed by atoms with Gasteiger partial charge >= 0.3 is 0 Å². The van der Waals surface area contributed by atoms with Crippen molar-refractivity contribution in [2.24, 2.45) is 0 Å². The molecule has 0 heterocycles. The number of carbonyl (C=O) groups is 1. The largest absolute Gasteiger partial charge is 0.497 e. The molecule has 0 aliphatic rings. The van der Waals surface area contributed by atoms with Crippen LogP contribution in [0.4, 0.5) is 10.1 Å². The van der Waals surface area contributed by atoms with E-state index in [2.05, 4.69) is 0 Å². The first kappa shape index (κ1) is 20.2. The lowest BCUT2D eigenvalue weighted by molar-refractivity contribution is -0.116. The Bertz CT molecular complexity index is 991. The van der Waals surface area contributed by atoms with Crippen LogP contribution >= 0.6 is 0 Å². The molecule has 3 rings (SSSR count). The monoisotopic (exact) mass is 395 g/mol. The first-order valence-corrected chi connectivity index (χ1v) is 9.03. The highest BCUT2D eigenvalue weighted by Crippen LogP contribution is 2.35. The molecule has 0 aromatic heterocycles. The number of halogens is 1. The molecule has 3 aromatic carbocycles. The van der Waals surface area contributed by atoms with Gasteiger partial charge in [-0.05, 0) is 36.4 Å². The van der Waals surface area contributed by atoms with Gasteiger partial charge in [-0.15, -0.1) is 0 Å². The van der Waals surface area contributed by atoms with Gasteiger partial charge in [0, 0.05) is 24.6 Å². The zero-order valence-electron chi connectivity index (χ0n) is 16.5. The van der Waals surface area contributed by atoms with Gasteiger partial charge in [0.15, 0.2) is 5.75 Å².